The third-order valence-corrected chi connectivity index (χ3v) is 3.79. The van der Waals surface area contributed by atoms with E-state index < -0.39 is 12.8 Å². The van der Waals surface area contributed by atoms with Crippen molar-refractivity contribution in [2.75, 3.05) is 40.5 Å². The molecule has 1 atom stereocenters. The van der Waals surface area contributed by atoms with Crippen LogP contribution in [0.2, 0.25) is 0 Å². The SMILES string of the molecule is CN=C(NCc1cccnc1OCC(F)(F)F)N(C)CC1CCOC1.I. The van der Waals surface area contributed by atoms with Crippen LogP contribution in [0.4, 0.5) is 13.2 Å². The minimum Gasteiger partial charge on any atom is -0.468 e. The first-order chi connectivity index (χ1) is 11.9. The van der Waals surface area contributed by atoms with E-state index in [0.717, 1.165) is 26.2 Å². The Morgan fingerprint density at radius 1 is 1.50 bits per heavy atom. The predicted molar refractivity (Wildman–Crippen MR) is 103 cm³/mol. The molecular formula is C16H24F3IN4O2. The van der Waals surface area contributed by atoms with Crippen molar-refractivity contribution in [3.05, 3.63) is 23.9 Å². The van der Waals surface area contributed by atoms with Crippen LogP contribution in [0.15, 0.2) is 23.3 Å². The molecule has 1 fully saturated rings. The minimum absolute atomic E-state index is 0. The third-order valence-electron chi connectivity index (χ3n) is 3.79. The Bertz CT molecular complexity index is 581. The van der Waals surface area contributed by atoms with Crippen molar-refractivity contribution in [2.45, 2.75) is 19.1 Å². The number of ether oxygens (including phenoxy) is 2. The predicted octanol–water partition coefficient (Wildman–Crippen LogP) is 2.68. The molecule has 0 saturated carbocycles. The van der Waals surface area contributed by atoms with E-state index in [1.807, 2.05) is 11.9 Å². The number of rotatable bonds is 6. The second-order valence-corrected chi connectivity index (χ2v) is 5.88. The second kappa shape index (κ2) is 10.8. The van der Waals surface area contributed by atoms with Gasteiger partial charge in [0.15, 0.2) is 12.6 Å². The van der Waals surface area contributed by atoms with Crippen molar-refractivity contribution < 1.29 is 22.6 Å². The molecule has 2 heterocycles. The molecule has 1 aliphatic rings. The summed E-state index contributed by atoms with van der Waals surface area (Å²) in [4.78, 5) is 10.1. The number of aromatic nitrogens is 1. The monoisotopic (exact) mass is 488 g/mol. The summed E-state index contributed by atoms with van der Waals surface area (Å²) in [6.45, 7) is 1.20. The normalized spacial score (nSPS) is 17.6. The van der Waals surface area contributed by atoms with Gasteiger partial charge in [0.05, 0.1) is 6.61 Å². The van der Waals surface area contributed by atoms with Crippen LogP contribution in [0, 0.1) is 5.92 Å². The van der Waals surface area contributed by atoms with Crippen LogP contribution in [-0.2, 0) is 11.3 Å². The third kappa shape index (κ3) is 7.52. The number of nitrogens with one attached hydrogen (secondary N) is 1. The highest BCUT2D eigenvalue weighted by Crippen LogP contribution is 2.20. The molecule has 0 spiro atoms. The summed E-state index contributed by atoms with van der Waals surface area (Å²) in [5.41, 5.74) is 0.533. The van der Waals surface area contributed by atoms with Crippen molar-refractivity contribution in [1.29, 1.82) is 0 Å². The fraction of sp³-hybridized carbons (Fsp3) is 0.625. The molecule has 1 aromatic rings. The zero-order valence-electron chi connectivity index (χ0n) is 14.8. The number of alkyl halides is 3. The highest BCUT2D eigenvalue weighted by molar-refractivity contribution is 14.0. The van der Waals surface area contributed by atoms with Crippen molar-refractivity contribution in [3.8, 4) is 5.88 Å². The molecule has 2 rings (SSSR count). The van der Waals surface area contributed by atoms with Gasteiger partial charge < -0.3 is 19.7 Å². The van der Waals surface area contributed by atoms with Gasteiger partial charge in [-0.05, 0) is 12.5 Å². The lowest BCUT2D eigenvalue weighted by Gasteiger charge is -2.24. The van der Waals surface area contributed by atoms with E-state index in [9.17, 15) is 13.2 Å². The Kier molecular flexibility index (Phi) is 9.41. The van der Waals surface area contributed by atoms with Gasteiger partial charge in [0.1, 0.15) is 0 Å². The Hall–Kier alpha value is -1.30. The number of guanidine groups is 1. The first-order valence-electron chi connectivity index (χ1n) is 8.02. The quantitative estimate of drug-likeness (QED) is 0.379. The molecule has 0 aromatic carbocycles. The molecule has 6 nitrogen and oxygen atoms in total. The lowest BCUT2D eigenvalue weighted by molar-refractivity contribution is -0.154. The maximum Gasteiger partial charge on any atom is 0.422 e. The summed E-state index contributed by atoms with van der Waals surface area (Å²) in [7, 11) is 3.58. The van der Waals surface area contributed by atoms with Crippen LogP contribution in [0.1, 0.15) is 12.0 Å². The van der Waals surface area contributed by atoms with Gasteiger partial charge >= 0.3 is 6.18 Å². The topological polar surface area (TPSA) is 59.0 Å². The zero-order valence-corrected chi connectivity index (χ0v) is 17.1. The second-order valence-electron chi connectivity index (χ2n) is 5.88. The summed E-state index contributed by atoms with van der Waals surface area (Å²) >= 11 is 0. The van der Waals surface area contributed by atoms with Crippen molar-refractivity contribution in [1.82, 2.24) is 15.2 Å². The van der Waals surface area contributed by atoms with E-state index >= 15 is 0 Å². The summed E-state index contributed by atoms with van der Waals surface area (Å²) in [6.07, 6.45) is -1.99. The van der Waals surface area contributed by atoms with E-state index in [-0.39, 0.29) is 36.4 Å². The lowest BCUT2D eigenvalue weighted by atomic mass is 10.1. The fourth-order valence-electron chi connectivity index (χ4n) is 2.60. The molecule has 1 aliphatic heterocycles. The Labute approximate surface area is 168 Å². The smallest absolute Gasteiger partial charge is 0.422 e. The summed E-state index contributed by atoms with van der Waals surface area (Å²) < 4.78 is 47.2. The highest BCUT2D eigenvalue weighted by atomic mass is 127. The molecule has 1 N–H and O–H groups in total. The van der Waals surface area contributed by atoms with Crippen LogP contribution in [0.3, 0.4) is 0 Å². The molecule has 0 bridgehead atoms. The van der Waals surface area contributed by atoms with Gasteiger partial charge in [-0.15, -0.1) is 24.0 Å². The lowest BCUT2D eigenvalue weighted by Crippen LogP contribution is -2.41. The van der Waals surface area contributed by atoms with Gasteiger partial charge in [-0.25, -0.2) is 4.98 Å². The molecule has 1 unspecified atom stereocenters. The van der Waals surface area contributed by atoms with Crippen LogP contribution < -0.4 is 10.1 Å². The molecule has 0 radical (unpaired) electrons. The maximum atomic E-state index is 12.3. The first-order valence-corrected chi connectivity index (χ1v) is 8.02. The van der Waals surface area contributed by atoms with Crippen molar-refractivity contribution >= 4 is 29.9 Å². The van der Waals surface area contributed by atoms with Crippen LogP contribution in [0.25, 0.3) is 0 Å². The van der Waals surface area contributed by atoms with Crippen molar-refractivity contribution in [3.63, 3.8) is 0 Å². The molecule has 26 heavy (non-hydrogen) atoms. The fourth-order valence-corrected chi connectivity index (χ4v) is 2.60. The first kappa shape index (κ1) is 22.7. The van der Waals surface area contributed by atoms with Crippen LogP contribution in [-0.4, -0.2) is 62.5 Å². The Morgan fingerprint density at radius 2 is 2.27 bits per heavy atom. The van der Waals surface area contributed by atoms with Gasteiger partial charge in [0.2, 0.25) is 5.88 Å². The number of nitrogens with zero attached hydrogens (tertiary/aromatic N) is 3. The largest absolute Gasteiger partial charge is 0.468 e. The summed E-state index contributed by atoms with van der Waals surface area (Å²) in [5, 5.41) is 3.13. The Balaban J connectivity index is 0.00000338. The molecule has 1 aromatic heterocycles. The van der Waals surface area contributed by atoms with E-state index in [4.69, 9.17) is 9.47 Å². The molecule has 10 heteroatoms. The van der Waals surface area contributed by atoms with E-state index in [0.29, 0.717) is 17.4 Å². The van der Waals surface area contributed by atoms with Gasteiger partial charge in [0, 0.05) is 51.5 Å². The van der Waals surface area contributed by atoms with Gasteiger partial charge in [0.25, 0.3) is 0 Å². The van der Waals surface area contributed by atoms with E-state index in [2.05, 4.69) is 15.3 Å². The maximum absolute atomic E-state index is 12.3. The number of halogens is 4. The molecular weight excluding hydrogens is 464 g/mol. The standard InChI is InChI=1S/C16H23F3N4O2.HI/c1-20-15(23(2)9-12-5-7-24-10-12)22-8-13-4-3-6-21-14(13)25-11-16(17,18)19;/h3-4,6,12H,5,7-11H2,1-2H3,(H,20,22);1H. The van der Waals surface area contributed by atoms with Gasteiger partial charge in [-0.2, -0.15) is 13.2 Å². The average Bonchev–Trinajstić information content (AvgIpc) is 3.06. The highest BCUT2D eigenvalue weighted by Gasteiger charge is 2.29. The number of pyridine rings is 1. The zero-order chi connectivity index (χ0) is 18.3. The number of aliphatic imine (C=N–C) groups is 1. The summed E-state index contributed by atoms with van der Waals surface area (Å²) in [6, 6.07) is 3.32. The van der Waals surface area contributed by atoms with Crippen LogP contribution in [0.5, 0.6) is 5.88 Å². The molecule has 0 aliphatic carbocycles. The van der Waals surface area contributed by atoms with E-state index in [1.165, 1.54) is 6.20 Å². The molecule has 0 amide bonds. The van der Waals surface area contributed by atoms with Gasteiger partial charge in [-0.1, -0.05) is 6.07 Å². The Morgan fingerprint density at radius 3 is 2.88 bits per heavy atom. The molecule has 1 saturated heterocycles. The molecule has 148 valence electrons. The minimum atomic E-state index is -4.40. The number of hydrogen-bond donors (Lipinski definition) is 1. The van der Waals surface area contributed by atoms with Crippen molar-refractivity contribution in [2.24, 2.45) is 10.9 Å². The average molecular weight is 488 g/mol. The van der Waals surface area contributed by atoms with E-state index in [1.54, 1.807) is 19.2 Å². The summed E-state index contributed by atoms with van der Waals surface area (Å²) in [5.74, 6) is 1.07. The van der Waals surface area contributed by atoms with Gasteiger partial charge in [-0.3, -0.25) is 4.99 Å². The van der Waals surface area contributed by atoms with Crippen LogP contribution >= 0.6 is 24.0 Å². The number of hydrogen-bond acceptors (Lipinski definition) is 4.